The molecule has 0 aromatic carbocycles. The van der Waals surface area contributed by atoms with Crippen LogP contribution >= 0.6 is 24.0 Å². The Bertz CT molecular complexity index is 466. The molecule has 2 N–H and O–H groups in total. The zero-order chi connectivity index (χ0) is 17.6. The van der Waals surface area contributed by atoms with Gasteiger partial charge in [-0.3, -0.25) is 0 Å². The van der Waals surface area contributed by atoms with E-state index in [0.29, 0.717) is 32.3 Å². The lowest BCUT2D eigenvalue weighted by molar-refractivity contribution is 0.0698. The van der Waals surface area contributed by atoms with Crippen molar-refractivity contribution in [2.75, 3.05) is 40.0 Å². The maximum Gasteiger partial charge on any atom is 0.191 e. The summed E-state index contributed by atoms with van der Waals surface area (Å²) in [5, 5.41) is 6.58. The summed E-state index contributed by atoms with van der Waals surface area (Å²) in [5.74, 6) is 2.39. The van der Waals surface area contributed by atoms with Crippen molar-refractivity contribution in [3.05, 3.63) is 18.2 Å². The third-order valence-electron chi connectivity index (χ3n) is 3.28. The molecule has 0 atom stereocenters. The van der Waals surface area contributed by atoms with Gasteiger partial charge in [0.2, 0.25) is 0 Å². The minimum Gasteiger partial charge on any atom is -0.382 e. The van der Waals surface area contributed by atoms with Crippen molar-refractivity contribution in [2.45, 2.75) is 40.3 Å². The standard InChI is InChI=1S/C17H33N5O2.HI/c1-5-18-17(20-7-6-10-24-12-11-23-4)21-13-16-19-8-9-22(16)14-15(2)3;/h8-9,15H,5-7,10-14H2,1-4H3,(H2,18,20,21);1H. The van der Waals surface area contributed by atoms with Gasteiger partial charge in [-0.1, -0.05) is 13.8 Å². The van der Waals surface area contributed by atoms with Gasteiger partial charge in [-0.15, -0.1) is 24.0 Å². The highest BCUT2D eigenvalue weighted by molar-refractivity contribution is 14.0. The van der Waals surface area contributed by atoms with E-state index in [2.05, 4.69) is 45.9 Å². The number of aromatic nitrogens is 2. The monoisotopic (exact) mass is 467 g/mol. The second kappa shape index (κ2) is 15.4. The average Bonchev–Trinajstić information content (AvgIpc) is 2.98. The third kappa shape index (κ3) is 11.4. The Morgan fingerprint density at radius 3 is 2.76 bits per heavy atom. The van der Waals surface area contributed by atoms with Crippen LogP contribution in [0.1, 0.15) is 33.0 Å². The van der Waals surface area contributed by atoms with E-state index >= 15 is 0 Å². The number of imidazole rings is 1. The molecule has 1 aromatic heterocycles. The topological polar surface area (TPSA) is 72.7 Å². The first-order valence-corrected chi connectivity index (χ1v) is 8.76. The van der Waals surface area contributed by atoms with Crippen molar-refractivity contribution in [3.63, 3.8) is 0 Å². The van der Waals surface area contributed by atoms with E-state index in [1.54, 1.807) is 7.11 Å². The van der Waals surface area contributed by atoms with E-state index in [9.17, 15) is 0 Å². The van der Waals surface area contributed by atoms with Crippen LogP contribution in [0.5, 0.6) is 0 Å². The second-order valence-corrected chi connectivity index (χ2v) is 5.97. The van der Waals surface area contributed by atoms with Gasteiger partial charge in [0.05, 0.1) is 13.2 Å². The Labute approximate surface area is 169 Å². The van der Waals surface area contributed by atoms with Crippen LogP contribution in [0.2, 0.25) is 0 Å². The van der Waals surface area contributed by atoms with Gasteiger partial charge in [0.15, 0.2) is 5.96 Å². The van der Waals surface area contributed by atoms with Crippen molar-refractivity contribution in [1.82, 2.24) is 20.2 Å². The minimum atomic E-state index is 0. The summed E-state index contributed by atoms with van der Waals surface area (Å²) in [6.07, 6.45) is 4.78. The van der Waals surface area contributed by atoms with Gasteiger partial charge >= 0.3 is 0 Å². The number of ether oxygens (including phenoxy) is 2. The average molecular weight is 467 g/mol. The molecule has 0 unspecified atom stereocenters. The predicted octanol–water partition coefficient (Wildman–Crippen LogP) is 2.27. The zero-order valence-corrected chi connectivity index (χ0v) is 18.3. The maximum absolute atomic E-state index is 5.45. The lowest BCUT2D eigenvalue weighted by Crippen LogP contribution is -2.38. The van der Waals surface area contributed by atoms with Gasteiger partial charge in [-0.2, -0.15) is 0 Å². The van der Waals surface area contributed by atoms with Gasteiger partial charge < -0.3 is 24.7 Å². The summed E-state index contributed by atoms with van der Waals surface area (Å²) in [4.78, 5) is 9.03. The van der Waals surface area contributed by atoms with Gasteiger partial charge in [-0.25, -0.2) is 9.98 Å². The van der Waals surface area contributed by atoms with Crippen LogP contribution in [-0.2, 0) is 22.6 Å². The van der Waals surface area contributed by atoms with E-state index in [4.69, 9.17) is 9.47 Å². The lowest BCUT2D eigenvalue weighted by atomic mass is 10.2. The number of guanidine groups is 1. The maximum atomic E-state index is 5.45. The highest BCUT2D eigenvalue weighted by Gasteiger charge is 2.05. The highest BCUT2D eigenvalue weighted by Crippen LogP contribution is 2.04. The summed E-state index contributed by atoms with van der Waals surface area (Å²) in [6, 6.07) is 0. The van der Waals surface area contributed by atoms with Crippen molar-refractivity contribution < 1.29 is 9.47 Å². The second-order valence-electron chi connectivity index (χ2n) is 5.97. The van der Waals surface area contributed by atoms with Crippen LogP contribution in [0.4, 0.5) is 0 Å². The number of hydrogen-bond acceptors (Lipinski definition) is 4. The van der Waals surface area contributed by atoms with Gasteiger partial charge in [-0.05, 0) is 19.3 Å². The molecule has 7 nitrogen and oxygen atoms in total. The molecule has 0 fully saturated rings. The number of halogens is 1. The molecule has 1 aromatic rings. The van der Waals surface area contributed by atoms with E-state index in [0.717, 1.165) is 37.8 Å². The molecule has 1 heterocycles. The molecule has 0 bridgehead atoms. The molecular formula is C17H34IN5O2. The quantitative estimate of drug-likeness (QED) is 0.214. The third-order valence-corrected chi connectivity index (χ3v) is 3.28. The zero-order valence-electron chi connectivity index (χ0n) is 16.0. The number of hydrogen-bond donors (Lipinski definition) is 2. The SMILES string of the molecule is CCNC(=NCc1nccn1CC(C)C)NCCCOCCOC.I. The summed E-state index contributed by atoms with van der Waals surface area (Å²) in [5.41, 5.74) is 0. The first kappa shape index (κ1) is 24.1. The van der Waals surface area contributed by atoms with Gasteiger partial charge in [0, 0.05) is 45.7 Å². The Morgan fingerprint density at radius 1 is 1.28 bits per heavy atom. The van der Waals surface area contributed by atoms with E-state index in [1.807, 2.05) is 12.4 Å². The molecule has 8 heteroatoms. The van der Waals surface area contributed by atoms with Gasteiger partial charge in [0.25, 0.3) is 0 Å². The fourth-order valence-corrected chi connectivity index (χ4v) is 2.17. The summed E-state index contributed by atoms with van der Waals surface area (Å²) in [7, 11) is 1.68. The summed E-state index contributed by atoms with van der Waals surface area (Å²) >= 11 is 0. The molecule has 0 saturated carbocycles. The Balaban J connectivity index is 0.00000576. The number of rotatable bonds is 12. The Hall–Kier alpha value is -0.870. The molecular weight excluding hydrogens is 433 g/mol. The van der Waals surface area contributed by atoms with Crippen molar-refractivity contribution in [3.8, 4) is 0 Å². The molecule has 0 aliphatic heterocycles. The van der Waals surface area contributed by atoms with Crippen molar-refractivity contribution >= 4 is 29.9 Å². The van der Waals surface area contributed by atoms with Crippen LogP contribution in [0, 0.1) is 5.92 Å². The molecule has 146 valence electrons. The number of methoxy groups -OCH3 is 1. The van der Waals surface area contributed by atoms with Crippen LogP contribution in [0.15, 0.2) is 17.4 Å². The molecule has 0 radical (unpaired) electrons. The number of nitrogens with one attached hydrogen (secondary N) is 2. The first-order chi connectivity index (χ1) is 11.7. The molecule has 1 rings (SSSR count). The minimum absolute atomic E-state index is 0. The summed E-state index contributed by atoms with van der Waals surface area (Å²) in [6.45, 7) is 11.6. The van der Waals surface area contributed by atoms with E-state index in [-0.39, 0.29) is 24.0 Å². The Morgan fingerprint density at radius 2 is 2.08 bits per heavy atom. The molecule has 0 saturated heterocycles. The molecule has 0 spiro atoms. The molecule has 0 aliphatic rings. The molecule has 0 amide bonds. The van der Waals surface area contributed by atoms with Gasteiger partial charge in [0.1, 0.15) is 12.4 Å². The van der Waals surface area contributed by atoms with Crippen molar-refractivity contribution in [1.29, 1.82) is 0 Å². The van der Waals surface area contributed by atoms with Crippen LogP contribution < -0.4 is 10.6 Å². The molecule has 25 heavy (non-hydrogen) atoms. The van der Waals surface area contributed by atoms with E-state index in [1.165, 1.54) is 0 Å². The van der Waals surface area contributed by atoms with Crippen molar-refractivity contribution in [2.24, 2.45) is 10.9 Å². The Kier molecular flexibility index (Phi) is 14.9. The fraction of sp³-hybridized carbons (Fsp3) is 0.765. The normalized spacial score (nSPS) is 11.5. The highest BCUT2D eigenvalue weighted by atomic mass is 127. The van der Waals surface area contributed by atoms with Crippen LogP contribution in [0.25, 0.3) is 0 Å². The number of nitrogens with zero attached hydrogens (tertiary/aromatic N) is 3. The van der Waals surface area contributed by atoms with Crippen LogP contribution in [-0.4, -0.2) is 55.5 Å². The summed E-state index contributed by atoms with van der Waals surface area (Å²) < 4.78 is 12.6. The smallest absolute Gasteiger partial charge is 0.191 e. The van der Waals surface area contributed by atoms with Crippen LogP contribution in [0.3, 0.4) is 0 Å². The molecule has 0 aliphatic carbocycles. The lowest BCUT2D eigenvalue weighted by Gasteiger charge is -2.12. The predicted molar refractivity (Wildman–Crippen MR) is 113 cm³/mol. The first-order valence-electron chi connectivity index (χ1n) is 8.76. The number of aliphatic imine (C=N–C) groups is 1. The van der Waals surface area contributed by atoms with E-state index < -0.39 is 0 Å². The largest absolute Gasteiger partial charge is 0.382 e. The fourth-order valence-electron chi connectivity index (χ4n) is 2.17.